The van der Waals surface area contributed by atoms with Gasteiger partial charge in [0.1, 0.15) is 0 Å². The summed E-state index contributed by atoms with van der Waals surface area (Å²) in [5, 5.41) is 3.27. The van der Waals surface area contributed by atoms with E-state index in [9.17, 15) is 4.79 Å². The lowest BCUT2D eigenvalue weighted by molar-refractivity contribution is -0.124. The highest BCUT2D eigenvalue weighted by Crippen LogP contribution is 2.14. The smallest absolute Gasteiger partial charge is 0.237 e. The molecule has 0 aliphatic heterocycles. The van der Waals surface area contributed by atoms with Crippen molar-refractivity contribution in [2.45, 2.75) is 65.0 Å². The minimum atomic E-state index is -0.574. The Bertz CT molecular complexity index is 285. The normalized spacial score (nSPS) is 14.6. The van der Waals surface area contributed by atoms with Crippen LogP contribution in [0.4, 0.5) is 0 Å². The molecule has 0 spiro atoms. The van der Waals surface area contributed by atoms with Crippen LogP contribution in [-0.2, 0) is 9.53 Å². The van der Waals surface area contributed by atoms with Crippen LogP contribution < -0.4 is 11.1 Å². The molecule has 21 heavy (non-hydrogen) atoms. The molecule has 5 heteroatoms. The molecule has 0 fully saturated rings. The number of hydrogen-bond acceptors (Lipinski definition) is 4. The second kappa shape index (κ2) is 11.0. The number of carbonyl (C=O) groups excluding carboxylic acids is 1. The van der Waals surface area contributed by atoms with Gasteiger partial charge in [-0.25, -0.2) is 0 Å². The molecule has 0 aliphatic rings. The fraction of sp³-hybridized carbons (Fsp3) is 0.938. The molecule has 0 aromatic heterocycles. The van der Waals surface area contributed by atoms with E-state index >= 15 is 0 Å². The van der Waals surface area contributed by atoms with E-state index in [2.05, 4.69) is 24.2 Å². The number of primary amides is 1. The fourth-order valence-corrected chi connectivity index (χ4v) is 2.12. The van der Waals surface area contributed by atoms with Gasteiger partial charge >= 0.3 is 0 Å². The monoisotopic (exact) mass is 301 g/mol. The summed E-state index contributed by atoms with van der Waals surface area (Å²) in [5.74, 6) is -0.255. The van der Waals surface area contributed by atoms with Gasteiger partial charge in [-0.05, 0) is 66.6 Å². The van der Waals surface area contributed by atoms with Crippen LogP contribution in [0.1, 0.15) is 53.4 Å². The van der Waals surface area contributed by atoms with Crippen LogP contribution in [0.15, 0.2) is 0 Å². The molecule has 0 bridgehead atoms. The highest BCUT2D eigenvalue weighted by atomic mass is 16.5. The van der Waals surface area contributed by atoms with Gasteiger partial charge in [-0.15, -0.1) is 0 Å². The number of amides is 1. The Labute approximate surface area is 130 Å². The molecule has 0 saturated heterocycles. The molecule has 0 aliphatic carbocycles. The first kappa shape index (κ1) is 20.3. The zero-order valence-corrected chi connectivity index (χ0v) is 14.6. The number of rotatable bonds is 13. The molecule has 0 aromatic carbocycles. The SMILES string of the molecule is CCCNC(C)(CCCCN(C)CCOC(C)C)C(N)=O. The zero-order valence-electron chi connectivity index (χ0n) is 14.6. The predicted octanol–water partition coefficient (Wildman–Crippen LogP) is 1.76. The number of nitrogens with two attached hydrogens (primary N) is 1. The quantitative estimate of drug-likeness (QED) is 0.509. The van der Waals surface area contributed by atoms with Crippen molar-refractivity contribution in [2.75, 3.05) is 33.3 Å². The minimum Gasteiger partial charge on any atom is -0.377 e. The number of nitrogens with zero attached hydrogens (tertiary/aromatic N) is 1. The van der Waals surface area contributed by atoms with E-state index in [1.807, 2.05) is 20.8 Å². The van der Waals surface area contributed by atoms with Crippen LogP contribution in [0, 0.1) is 0 Å². The summed E-state index contributed by atoms with van der Waals surface area (Å²) < 4.78 is 5.54. The third-order valence-corrected chi connectivity index (χ3v) is 3.70. The summed E-state index contributed by atoms with van der Waals surface area (Å²) >= 11 is 0. The van der Waals surface area contributed by atoms with E-state index in [0.717, 1.165) is 51.9 Å². The molecule has 0 saturated carbocycles. The van der Waals surface area contributed by atoms with Crippen LogP contribution in [0.2, 0.25) is 0 Å². The topological polar surface area (TPSA) is 67.6 Å². The van der Waals surface area contributed by atoms with Crippen molar-refractivity contribution in [3.05, 3.63) is 0 Å². The zero-order chi connectivity index (χ0) is 16.3. The molecule has 0 aromatic rings. The molecule has 0 rings (SSSR count). The average Bonchev–Trinajstić information content (AvgIpc) is 2.40. The second-order valence-corrected chi connectivity index (χ2v) is 6.30. The molecule has 1 amide bonds. The van der Waals surface area contributed by atoms with Crippen LogP contribution in [0.3, 0.4) is 0 Å². The van der Waals surface area contributed by atoms with Gasteiger partial charge in [-0.1, -0.05) is 6.92 Å². The summed E-state index contributed by atoms with van der Waals surface area (Å²) in [6, 6.07) is 0. The van der Waals surface area contributed by atoms with Crippen molar-refractivity contribution in [1.29, 1.82) is 0 Å². The second-order valence-electron chi connectivity index (χ2n) is 6.30. The molecule has 3 N–H and O–H groups in total. The van der Waals surface area contributed by atoms with E-state index in [1.54, 1.807) is 0 Å². The first-order chi connectivity index (χ1) is 9.81. The lowest BCUT2D eigenvalue weighted by Gasteiger charge is -2.28. The molecule has 5 nitrogen and oxygen atoms in total. The van der Waals surface area contributed by atoms with Gasteiger partial charge in [0.25, 0.3) is 0 Å². The third kappa shape index (κ3) is 9.82. The summed E-state index contributed by atoms with van der Waals surface area (Å²) in [6.07, 6.45) is 4.14. The average molecular weight is 301 g/mol. The minimum absolute atomic E-state index is 0.255. The van der Waals surface area contributed by atoms with E-state index in [1.165, 1.54) is 0 Å². The lowest BCUT2D eigenvalue weighted by atomic mass is 9.93. The van der Waals surface area contributed by atoms with Crippen molar-refractivity contribution < 1.29 is 9.53 Å². The number of carbonyl (C=O) groups is 1. The van der Waals surface area contributed by atoms with E-state index in [0.29, 0.717) is 6.10 Å². The Kier molecular flexibility index (Phi) is 10.6. The van der Waals surface area contributed by atoms with Crippen molar-refractivity contribution in [1.82, 2.24) is 10.2 Å². The molecule has 126 valence electrons. The molecule has 1 atom stereocenters. The van der Waals surface area contributed by atoms with E-state index in [4.69, 9.17) is 10.5 Å². The first-order valence-electron chi connectivity index (χ1n) is 8.17. The number of hydrogen-bond donors (Lipinski definition) is 2. The molecule has 0 heterocycles. The van der Waals surface area contributed by atoms with Crippen LogP contribution in [0.25, 0.3) is 0 Å². The number of likely N-dealkylation sites (N-methyl/N-ethyl adjacent to an activating group) is 1. The fourth-order valence-electron chi connectivity index (χ4n) is 2.12. The van der Waals surface area contributed by atoms with Crippen molar-refractivity contribution in [3.8, 4) is 0 Å². The summed E-state index contributed by atoms with van der Waals surface area (Å²) in [6.45, 7) is 11.6. The van der Waals surface area contributed by atoms with Crippen LogP contribution in [-0.4, -0.2) is 55.7 Å². The Balaban J connectivity index is 3.86. The Morgan fingerprint density at radius 2 is 2.00 bits per heavy atom. The maximum Gasteiger partial charge on any atom is 0.237 e. The first-order valence-corrected chi connectivity index (χ1v) is 8.17. The van der Waals surface area contributed by atoms with E-state index < -0.39 is 5.54 Å². The van der Waals surface area contributed by atoms with Crippen LogP contribution in [0.5, 0.6) is 0 Å². The van der Waals surface area contributed by atoms with Gasteiger partial charge in [0.05, 0.1) is 18.2 Å². The molecular weight excluding hydrogens is 266 g/mol. The maximum absolute atomic E-state index is 11.6. The maximum atomic E-state index is 11.6. The predicted molar refractivity (Wildman–Crippen MR) is 88.3 cm³/mol. The van der Waals surface area contributed by atoms with Crippen molar-refractivity contribution >= 4 is 5.91 Å². The van der Waals surface area contributed by atoms with Gasteiger partial charge < -0.3 is 20.7 Å². The summed E-state index contributed by atoms with van der Waals surface area (Å²) in [5.41, 5.74) is 4.95. The summed E-state index contributed by atoms with van der Waals surface area (Å²) in [7, 11) is 2.10. The van der Waals surface area contributed by atoms with E-state index in [-0.39, 0.29) is 5.91 Å². The largest absolute Gasteiger partial charge is 0.377 e. The number of nitrogens with one attached hydrogen (secondary N) is 1. The molecule has 0 radical (unpaired) electrons. The van der Waals surface area contributed by atoms with Gasteiger partial charge in [-0.3, -0.25) is 4.79 Å². The number of unbranched alkanes of at least 4 members (excludes halogenated alkanes) is 1. The molecule has 1 unspecified atom stereocenters. The van der Waals surface area contributed by atoms with Gasteiger partial charge in [-0.2, -0.15) is 0 Å². The Hall–Kier alpha value is -0.650. The standard InChI is InChI=1S/C16H35N3O2/c1-6-10-18-16(4,15(17)20)9-7-8-11-19(5)12-13-21-14(2)3/h14,18H,6-13H2,1-5H3,(H2,17,20). The van der Waals surface area contributed by atoms with Gasteiger partial charge in [0.2, 0.25) is 5.91 Å². The van der Waals surface area contributed by atoms with Gasteiger partial charge in [0.15, 0.2) is 0 Å². The summed E-state index contributed by atoms with van der Waals surface area (Å²) in [4.78, 5) is 13.9. The third-order valence-electron chi connectivity index (χ3n) is 3.70. The van der Waals surface area contributed by atoms with Crippen LogP contribution >= 0.6 is 0 Å². The number of ether oxygens (including phenoxy) is 1. The lowest BCUT2D eigenvalue weighted by Crippen LogP contribution is -2.53. The Morgan fingerprint density at radius 3 is 2.52 bits per heavy atom. The highest BCUT2D eigenvalue weighted by Gasteiger charge is 2.29. The molecular formula is C16H35N3O2. The van der Waals surface area contributed by atoms with Gasteiger partial charge in [0, 0.05) is 6.54 Å². The van der Waals surface area contributed by atoms with Crippen molar-refractivity contribution in [2.24, 2.45) is 5.73 Å². The highest BCUT2D eigenvalue weighted by molar-refractivity contribution is 5.84. The van der Waals surface area contributed by atoms with Crippen molar-refractivity contribution in [3.63, 3.8) is 0 Å². The Morgan fingerprint density at radius 1 is 1.33 bits per heavy atom.